The summed E-state index contributed by atoms with van der Waals surface area (Å²) in [7, 11) is -1.91. The summed E-state index contributed by atoms with van der Waals surface area (Å²) < 4.78 is 6.86. The molecule has 1 aromatic rings. The molecule has 1 atom stereocenters. The van der Waals surface area contributed by atoms with E-state index in [0.717, 1.165) is 42.7 Å². The number of fused-ring (bicyclic) bond motifs is 1. The second kappa shape index (κ2) is 8.09. The fraction of sp³-hybridized carbons (Fsp3) is 0.731. The monoisotopic (exact) mass is 429 g/mol. The van der Waals surface area contributed by atoms with Crippen molar-refractivity contribution in [2.45, 2.75) is 117 Å². The molecule has 0 amide bonds. The van der Waals surface area contributed by atoms with Gasteiger partial charge in [0, 0.05) is 22.9 Å². The second-order valence-electron chi connectivity index (χ2n) is 12.1. The molecule has 1 N–H and O–H groups in total. The fourth-order valence-corrected chi connectivity index (χ4v) is 5.90. The van der Waals surface area contributed by atoms with E-state index in [1.165, 1.54) is 23.2 Å². The van der Waals surface area contributed by atoms with Crippen molar-refractivity contribution >= 4 is 8.32 Å². The van der Waals surface area contributed by atoms with Gasteiger partial charge in [-0.1, -0.05) is 48.5 Å². The first-order valence-electron chi connectivity index (χ1n) is 11.8. The standard InChI is InChI=1S/C26H43NO2Si/c1-17(2)24-20(16-28)23(18-13-14-26(6,7)15-21(18)27-24)19-11-10-12-22(19)29-30(8,9)25(3,4)5/h12,17,19,28H,10-11,13-16H2,1-9H3/t19-/m1/s1. The van der Waals surface area contributed by atoms with Gasteiger partial charge in [-0.15, -0.1) is 0 Å². The maximum absolute atomic E-state index is 10.5. The van der Waals surface area contributed by atoms with Crippen LogP contribution in [0.5, 0.6) is 0 Å². The Morgan fingerprint density at radius 3 is 2.50 bits per heavy atom. The number of pyridine rings is 1. The summed E-state index contributed by atoms with van der Waals surface area (Å²) in [6.45, 7) is 20.7. The molecule has 0 aliphatic heterocycles. The highest BCUT2D eigenvalue weighted by molar-refractivity contribution is 6.74. The molecule has 3 nitrogen and oxygen atoms in total. The molecule has 0 bridgehead atoms. The van der Waals surface area contributed by atoms with Crippen molar-refractivity contribution in [3.8, 4) is 0 Å². The first-order chi connectivity index (χ1) is 13.8. The van der Waals surface area contributed by atoms with Crippen molar-refractivity contribution < 1.29 is 9.53 Å². The van der Waals surface area contributed by atoms with Gasteiger partial charge in [0.1, 0.15) is 0 Å². The molecule has 0 unspecified atom stereocenters. The van der Waals surface area contributed by atoms with Gasteiger partial charge in [0.25, 0.3) is 0 Å². The van der Waals surface area contributed by atoms with E-state index < -0.39 is 8.32 Å². The van der Waals surface area contributed by atoms with Crippen LogP contribution in [-0.2, 0) is 23.9 Å². The van der Waals surface area contributed by atoms with Crippen molar-refractivity contribution in [1.29, 1.82) is 0 Å². The number of hydrogen-bond donors (Lipinski definition) is 1. The van der Waals surface area contributed by atoms with Crippen LogP contribution in [0.4, 0.5) is 0 Å². The van der Waals surface area contributed by atoms with E-state index in [4.69, 9.17) is 9.41 Å². The zero-order chi connectivity index (χ0) is 22.5. The lowest BCUT2D eigenvalue weighted by Gasteiger charge is -2.39. The Morgan fingerprint density at radius 1 is 1.27 bits per heavy atom. The quantitative estimate of drug-likeness (QED) is 0.513. The van der Waals surface area contributed by atoms with Gasteiger partial charge in [-0.2, -0.15) is 0 Å². The Kier molecular flexibility index (Phi) is 6.34. The Hall–Kier alpha value is -1.13. The van der Waals surface area contributed by atoms with Crippen LogP contribution in [-0.4, -0.2) is 18.4 Å². The van der Waals surface area contributed by atoms with Gasteiger partial charge in [-0.25, -0.2) is 0 Å². The lowest BCUT2D eigenvalue weighted by Crippen LogP contribution is -2.41. The van der Waals surface area contributed by atoms with E-state index in [9.17, 15) is 5.11 Å². The molecule has 0 radical (unpaired) electrons. The minimum atomic E-state index is -1.91. The number of nitrogens with zero attached hydrogens (tertiary/aromatic N) is 1. The van der Waals surface area contributed by atoms with Gasteiger partial charge < -0.3 is 9.53 Å². The molecule has 0 spiro atoms. The third kappa shape index (κ3) is 4.41. The molecule has 0 saturated heterocycles. The van der Waals surface area contributed by atoms with E-state index in [0.29, 0.717) is 5.92 Å². The summed E-state index contributed by atoms with van der Waals surface area (Å²) in [4.78, 5) is 5.14. The Morgan fingerprint density at radius 2 is 1.93 bits per heavy atom. The summed E-state index contributed by atoms with van der Waals surface area (Å²) in [5.74, 6) is 1.72. The zero-order valence-electron chi connectivity index (χ0n) is 20.8. The summed E-state index contributed by atoms with van der Waals surface area (Å²) in [5.41, 5.74) is 6.46. The predicted octanol–water partition coefficient (Wildman–Crippen LogP) is 7.00. The van der Waals surface area contributed by atoms with Crippen LogP contribution in [0.15, 0.2) is 11.8 Å². The number of hydrogen-bond acceptors (Lipinski definition) is 3. The molecular formula is C26H43NO2Si. The van der Waals surface area contributed by atoms with Gasteiger partial charge in [0.15, 0.2) is 0 Å². The normalized spacial score (nSPS) is 21.6. The van der Waals surface area contributed by atoms with E-state index in [2.05, 4.69) is 67.6 Å². The van der Waals surface area contributed by atoms with Crippen molar-refractivity contribution in [1.82, 2.24) is 4.98 Å². The van der Waals surface area contributed by atoms with Crippen LogP contribution in [0.1, 0.15) is 108 Å². The minimum absolute atomic E-state index is 0.0659. The molecule has 0 saturated carbocycles. The third-order valence-corrected chi connectivity index (χ3v) is 12.0. The summed E-state index contributed by atoms with van der Waals surface area (Å²) in [6, 6.07) is 0. The van der Waals surface area contributed by atoms with E-state index in [1.807, 2.05) is 0 Å². The van der Waals surface area contributed by atoms with Crippen molar-refractivity contribution in [3.05, 3.63) is 39.9 Å². The highest BCUT2D eigenvalue weighted by Gasteiger charge is 2.42. The van der Waals surface area contributed by atoms with Gasteiger partial charge in [0.2, 0.25) is 8.32 Å². The SMILES string of the molecule is CC(C)c1nc2c(c([C@@H]3CCC=C3O[Si](C)(C)C(C)(C)C)c1CO)CCC(C)(C)C2. The summed E-state index contributed by atoms with van der Waals surface area (Å²) >= 11 is 0. The Bertz CT molecular complexity index is 830. The van der Waals surface area contributed by atoms with Gasteiger partial charge >= 0.3 is 0 Å². The molecule has 0 aromatic carbocycles. The summed E-state index contributed by atoms with van der Waals surface area (Å²) in [5, 5.41) is 10.6. The Balaban J connectivity index is 2.12. The maximum atomic E-state index is 10.5. The lowest BCUT2D eigenvalue weighted by molar-refractivity contribution is 0.273. The number of aliphatic hydroxyl groups is 1. The smallest absolute Gasteiger partial charge is 0.250 e. The lowest BCUT2D eigenvalue weighted by atomic mass is 9.72. The summed E-state index contributed by atoms with van der Waals surface area (Å²) in [6.07, 6.45) is 7.71. The van der Waals surface area contributed by atoms with Crippen LogP contribution in [0.3, 0.4) is 0 Å². The number of aromatic nitrogens is 1. The fourth-order valence-electron chi connectivity index (χ4n) is 4.77. The topological polar surface area (TPSA) is 42.4 Å². The van der Waals surface area contributed by atoms with Crippen molar-refractivity contribution in [3.63, 3.8) is 0 Å². The van der Waals surface area contributed by atoms with Crippen molar-refractivity contribution in [2.24, 2.45) is 5.41 Å². The third-order valence-electron chi connectivity index (χ3n) is 7.64. The molecule has 1 heterocycles. The first kappa shape index (κ1) is 23.5. The Labute approximate surface area is 185 Å². The van der Waals surface area contributed by atoms with E-state index in [1.54, 1.807) is 0 Å². The highest BCUT2D eigenvalue weighted by atomic mass is 28.4. The number of aliphatic hydroxyl groups excluding tert-OH is 1. The maximum Gasteiger partial charge on any atom is 0.250 e. The molecule has 30 heavy (non-hydrogen) atoms. The van der Waals surface area contributed by atoms with Crippen LogP contribution in [0.2, 0.25) is 18.1 Å². The van der Waals surface area contributed by atoms with E-state index >= 15 is 0 Å². The molecule has 2 aliphatic rings. The highest BCUT2D eigenvalue weighted by Crippen LogP contribution is 2.48. The largest absolute Gasteiger partial charge is 0.546 e. The second-order valence-corrected chi connectivity index (χ2v) is 16.8. The van der Waals surface area contributed by atoms with Crippen LogP contribution in [0.25, 0.3) is 0 Å². The average Bonchev–Trinajstić information content (AvgIpc) is 3.05. The molecule has 3 rings (SSSR count). The predicted molar refractivity (Wildman–Crippen MR) is 128 cm³/mol. The van der Waals surface area contributed by atoms with Crippen LogP contribution in [0, 0.1) is 5.41 Å². The van der Waals surface area contributed by atoms with Crippen LogP contribution >= 0.6 is 0 Å². The zero-order valence-corrected chi connectivity index (χ0v) is 21.8. The van der Waals surface area contributed by atoms with Gasteiger partial charge in [0.05, 0.1) is 12.4 Å². The average molecular weight is 430 g/mol. The molecule has 168 valence electrons. The molecule has 4 heteroatoms. The minimum Gasteiger partial charge on any atom is -0.546 e. The van der Waals surface area contributed by atoms with Gasteiger partial charge in [-0.3, -0.25) is 4.98 Å². The molecule has 2 aliphatic carbocycles. The number of allylic oxidation sites excluding steroid dienone is 2. The van der Waals surface area contributed by atoms with Gasteiger partial charge in [-0.05, 0) is 78.8 Å². The van der Waals surface area contributed by atoms with Crippen LogP contribution < -0.4 is 0 Å². The molecule has 0 fully saturated rings. The number of rotatable bonds is 5. The molecular weight excluding hydrogens is 386 g/mol. The van der Waals surface area contributed by atoms with E-state index in [-0.39, 0.29) is 23.0 Å². The van der Waals surface area contributed by atoms with Crippen molar-refractivity contribution in [2.75, 3.05) is 0 Å². The molecule has 1 aromatic heterocycles. The first-order valence-corrected chi connectivity index (χ1v) is 14.7.